The summed E-state index contributed by atoms with van der Waals surface area (Å²) in [6, 6.07) is 12.5. The number of para-hydroxylation sites is 2. The van der Waals surface area contributed by atoms with Crippen molar-refractivity contribution >= 4 is 17.3 Å². The molecule has 21 heavy (non-hydrogen) atoms. The summed E-state index contributed by atoms with van der Waals surface area (Å²) in [6.07, 6.45) is 0.479. The van der Waals surface area contributed by atoms with E-state index in [9.17, 15) is 10.1 Å². The molecule has 0 aliphatic rings. The summed E-state index contributed by atoms with van der Waals surface area (Å²) < 4.78 is 5.79. The fourth-order valence-electron chi connectivity index (χ4n) is 2.19. The molecule has 2 aromatic carbocycles. The first-order valence-electron chi connectivity index (χ1n) is 6.63. The second-order valence-corrected chi connectivity index (χ2v) is 4.95. The van der Waals surface area contributed by atoms with Gasteiger partial charge >= 0.3 is 0 Å². The third-order valence-electron chi connectivity index (χ3n) is 3.24. The molecule has 2 aromatic rings. The minimum atomic E-state index is -0.368. The van der Waals surface area contributed by atoms with Crippen LogP contribution in [0.3, 0.4) is 0 Å². The number of aryl methyl sites for hydroxylation is 1. The number of hydrogen-bond donors (Lipinski definition) is 0. The summed E-state index contributed by atoms with van der Waals surface area (Å²) in [4.78, 5) is 10.6. The van der Waals surface area contributed by atoms with Gasteiger partial charge in [-0.05, 0) is 12.5 Å². The zero-order valence-electron chi connectivity index (χ0n) is 11.7. The van der Waals surface area contributed by atoms with E-state index in [2.05, 4.69) is 0 Å². The van der Waals surface area contributed by atoms with E-state index < -0.39 is 0 Å². The molecule has 110 valence electrons. The Balaban J connectivity index is 2.07. The van der Waals surface area contributed by atoms with Gasteiger partial charge in [0.2, 0.25) is 0 Å². The van der Waals surface area contributed by atoms with Crippen molar-refractivity contribution in [3.8, 4) is 5.75 Å². The first kappa shape index (κ1) is 15.3. The Hall–Kier alpha value is -2.07. The van der Waals surface area contributed by atoms with Gasteiger partial charge < -0.3 is 4.74 Å². The normalized spacial score (nSPS) is 10.4. The van der Waals surface area contributed by atoms with Crippen molar-refractivity contribution in [3.05, 3.63) is 69.3 Å². The Morgan fingerprint density at radius 3 is 2.57 bits per heavy atom. The van der Waals surface area contributed by atoms with Gasteiger partial charge in [0.05, 0.1) is 17.4 Å². The third kappa shape index (κ3) is 3.73. The van der Waals surface area contributed by atoms with E-state index in [0.717, 1.165) is 16.9 Å². The van der Waals surface area contributed by atoms with Crippen LogP contribution in [0.25, 0.3) is 0 Å². The van der Waals surface area contributed by atoms with E-state index in [4.69, 9.17) is 16.3 Å². The highest BCUT2D eigenvalue weighted by atomic mass is 35.5. The minimum absolute atomic E-state index is 0.128. The van der Waals surface area contributed by atoms with E-state index in [-0.39, 0.29) is 10.6 Å². The smallest absolute Gasteiger partial charge is 0.272 e. The average Bonchev–Trinajstić information content (AvgIpc) is 2.49. The van der Waals surface area contributed by atoms with Gasteiger partial charge in [0.15, 0.2) is 0 Å². The van der Waals surface area contributed by atoms with Crippen LogP contribution in [-0.2, 0) is 12.3 Å². The van der Waals surface area contributed by atoms with Crippen molar-refractivity contribution in [2.45, 2.75) is 19.2 Å². The van der Waals surface area contributed by atoms with Crippen LogP contribution in [0.5, 0.6) is 5.75 Å². The molecular formula is C16H16ClNO3. The Bertz CT molecular complexity index is 643. The van der Waals surface area contributed by atoms with Crippen molar-refractivity contribution in [2.24, 2.45) is 0 Å². The monoisotopic (exact) mass is 305 g/mol. The highest BCUT2D eigenvalue weighted by molar-refractivity contribution is 6.17. The number of benzene rings is 2. The number of nitro groups is 1. The maximum Gasteiger partial charge on any atom is 0.272 e. The number of nitrogens with zero attached hydrogens (tertiary/aromatic N) is 1. The molecule has 0 fully saturated rings. The molecule has 0 radical (unpaired) electrons. The lowest BCUT2D eigenvalue weighted by molar-refractivity contribution is -0.385. The van der Waals surface area contributed by atoms with Crippen LogP contribution in [-0.4, -0.2) is 11.5 Å². The number of halogens is 1. The second-order valence-electron chi connectivity index (χ2n) is 4.68. The molecule has 0 aliphatic heterocycles. The van der Waals surface area contributed by atoms with Gasteiger partial charge in [0.1, 0.15) is 5.75 Å². The Kier molecular flexibility index (Phi) is 5.17. The van der Waals surface area contributed by atoms with E-state index in [1.165, 1.54) is 6.07 Å². The average molecular weight is 306 g/mol. The quantitative estimate of drug-likeness (QED) is 0.455. The highest BCUT2D eigenvalue weighted by Gasteiger charge is 2.12. The lowest BCUT2D eigenvalue weighted by Gasteiger charge is -2.12. The molecule has 2 rings (SSSR count). The van der Waals surface area contributed by atoms with E-state index >= 15 is 0 Å². The van der Waals surface area contributed by atoms with Crippen LogP contribution in [0, 0.1) is 17.0 Å². The lowest BCUT2D eigenvalue weighted by Crippen LogP contribution is -2.06. The molecule has 0 aliphatic carbocycles. The van der Waals surface area contributed by atoms with E-state index in [1.54, 1.807) is 18.2 Å². The summed E-state index contributed by atoms with van der Waals surface area (Å²) in [5.41, 5.74) is 2.74. The molecule has 0 aromatic heterocycles. The Morgan fingerprint density at radius 1 is 1.14 bits per heavy atom. The number of alkyl halides is 1. The van der Waals surface area contributed by atoms with E-state index in [1.807, 2.05) is 25.1 Å². The summed E-state index contributed by atoms with van der Waals surface area (Å²) in [6.45, 7) is 2.33. The predicted molar refractivity (Wildman–Crippen MR) is 83.0 cm³/mol. The molecule has 0 atom stereocenters. The van der Waals surface area contributed by atoms with Crippen molar-refractivity contribution in [2.75, 3.05) is 6.61 Å². The Labute approximate surface area is 128 Å². The summed E-state index contributed by atoms with van der Waals surface area (Å²) in [5, 5.41) is 11.0. The topological polar surface area (TPSA) is 52.4 Å². The molecule has 0 unspecified atom stereocenters. The zero-order valence-corrected chi connectivity index (χ0v) is 12.5. The van der Waals surface area contributed by atoms with Gasteiger partial charge in [-0.15, -0.1) is 11.6 Å². The number of nitro benzene ring substituents is 1. The largest absolute Gasteiger partial charge is 0.493 e. The molecule has 4 nitrogen and oxygen atoms in total. The van der Waals surface area contributed by atoms with Crippen LogP contribution in [0.4, 0.5) is 5.69 Å². The fourth-order valence-corrected chi connectivity index (χ4v) is 2.40. The molecule has 0 heterocycles. The summed E-state index contributed by atoms with van der Waals surface area (Å²) in [7, 11) is 0. The van der Waals surface area contributed by atoms with Gasteiger partial charge in [-0.2, -0.15) is 0 Å². The lowest BCUT2D eigenvalue weighted by atomic mass is 10.1. The van der Waals surface area contributed by atoms with Gasteiger partial charge in [0.25, 0.3) is 5.69 Å². The van der Waals surface area contributed by atoms with Crippen molar-refractivity contribution in [1.82, 2.24) is 0 Å². The highest BCUT2D eigenvalue weighted by Crippen LogP contribution is 2.25. The minimum Gasteiger partial charge on any atom is -0.493 e. The van der Waals surface area contributed by atoms with Gasteiger partial charge in [-0.3, -0.25) is 10.1 Å². The predicted octanol–water partition coefficient (Wildman–Crippen LogP) is 4.26. The zero-order chi connectivity index (χ0) is 15.2. The van der Waals surface area contributed by atoms with E-state index in [0.29, 0.717) is 24.5 Å². The van der Waals surface area contributed by atoms with Crippen LogP contribution >= 0.6 is 11.6 Å². The molecule has 0 spiro atoms. The molecule has 5 heteroatoms. The summed E-state index contributed by atoms with van der Waals surface area (Å²) >= 11 is 5.90. The van der Waals surface area contributed by atoms with Gasteiger partial charge in [-0.25, -0.2) is 0 Å². The second kappa shape index (κ2) is 7.09. The molecule has 0 bridgehead atoms. The van der Waals surface area contributed by atoms with Crippen LogP contribution in [0.15, 0.2) is 42.5 Å². The molecular weight excluding hydrogens is 290 g/mol. The SMILES string of the molecule is Cc1cccc(CCl)c1OCCc1ccccc1[N+](=O)[O-]. The number of hydrogen-bond acceptors (Lipinski definition) is 3. The van der Waals surface area contributed by atoms with Crippen molar-refractivity contribution in [3.63, 3.8) is 0 Å². The van der Waals surface area contributed by atoms with Gasteiger partial charge in [0, 0.05) is 23.6 Å². The van der Waals surface area contributed by atoms with Crippen molar-refractivity contribution < 1.29 is 9.66 Å². The first-order valence-corrected chi connectivity index (χ1v) is 7.16. The standard InChI is InChI=1S/C16H16ClNO3/c1-12-5-4-7-14(11-17)16(12)21-10-9-13-6-2-3-8-15(13)18(19)20/h2-8H,9-11H2,1H3. The molecule has 0 saturated heterocycles. The fraction of sp³-hybridized carbons (Fsp3) is 0.250. The molecule has 0 N–H and O–H groups in total. The van der Waals surface area contributed by atoms with Crippen LogP contribution in [0.2, 0.25) is 0 Å². The van der Waals surface area contributed by atoms with Crippen LogP contribution < -0.4 is 4.74 Å². The third-order valence-corrected chi connectivity index (χ3v) is 3.53. The maximum atomic E-state index is 11.0. The molecule has 0 saturated carbocycles. The molecule has 0 amide bonds. The Morgan fingerprint density at radius 2 is 1.86 bits per heavy atom. The van der Waals surface area contributed by atoms with Crippen molar-refractivity contribution in [1.29, 1.82) is 0 Å². The number of rotatable bonds is 6. The first-order chi connectivity index (χ1) is 10.1. The van der Waals surface area contributed by atoms with Gasteiger partial charge in [-0.1, -0.05) is 36.4 Å². The van der Waals surface area contributed by atoms with Crippen LogP contribution in [0.1, 0.15) is 16.7 Å². The summed E-state index contributed by atoms with van der Waals surface area (Å²) in [5.74, 6) is 1.15. The maximum absolute atomic E-state index is 11.0. The number of ether oxygens (including phenoxy) is 1.